The normalized spacial score (nSPS) is 13.3. The van der Waals surface area contributed by atoms with Gasteiger partial charge in [0.1, 0.15) is 34.8 Å². The Hall–Kier alpha value is -3.81. The molecule has 3 heterocycles. The lowest BCUT2D eigenvalue weighted by Gasteiger charge is -2.23. The van der Waals surface area contributed by atoms with Crippen LogP contribution < -0.4 is 9.47 Å². The Morgan fingerprint density at radius 2 is 1.69 bits per heavy atom. The fourth-order valence-electron chi connectivity index (χ4n) is 4.06. The summed E-state index contributed by atoms with van der Waals surface area (Å²) in [5.74, 6) is 1.96. The number of hydrogen-bond donors (Lipinski definition) is 1. The molecular formula is C26H31N5O7S. The van der Waals surface area contributed by atoms with Crippen molar-refractivity contribution in [2.75, 3.05) is 27.4 Å². The lowest BCUT2D eigenvalue weighted by molar-refractivity contribution is 0.0226. The Kier molecular flexibility index (Phi) is 8.63. The number of benzene rings is 1. The van der Waals surface area contributed by atoms with Crippen LogP contribution in [0.1, 0.15) is 36.0 Å². The highest BCUT2D eigenvalue weighted by atomic mass is 32.2. The molecule has 39 heavy (non-hydrogen) atoms. The van der Waals surface area contributed by atoms with Gasteiger partial charge in [-0.1, -0.05) is 6.07 Å². The molecule has 0 saturated carbocycles. The smallest absolute Gasteiger partial charge is 0.204 e. The largest absolute Gasteiger partial charge is 0.494 e. The van der Waals surface area contributed by atoms with E-state index in [1.54, 1.807) is 54.2 Å². The molecule has 0 amide bonds. The molecule has 0 aliphatic rings. The summed E-state index contributed by atoms with van der Waals surface area (Å²) in [7, 11) is -0.952. The van der Waals surface area contributed by atoms with E-state index in [2.05, 4.69) is 20.2 Å². The summed E-state index contributed by atoms with van der Waals surface area (Å²) in [6.07, 6.45) is 2.14. The number of aromatic nitrogens is 5. The quantitative estimate of drug-likeness (QED) is 0.274. The molecule has 0 aliphatic carbocycles. The predicted molar refractivity (Wildman–Crippen MR) is 142 cm³/mol. The third-order valence-electron chi connectivity index (χ3n) is 6.08. The summed E-state index contributed by atoms with van der Waals surface area (Å²) in [4.78, 5) is 8.54. The van der Waals surface area contributed by atoms with Crippen molar-refractivity contribution < 1.29 is 32.2 Å². The van der Waals surface area contributed by atoms with E-state index in [4.69, 9.17) is 18.6 Å². The lowest BCUT2D eigenvalue weighted by atomic mass is 10.2. The van der Waals surface area contributed by atoms with Gasteiger partial charge < -0.3 is 23.7 Å². The SMILES string of the molecule is COc1cccc(OC)c1-n1c(CS(=O)(=O)[C@H](C)[C@H](OCCO)c2ncc(C)cn2)nnc1-c1ccc(C)o1. The van der Waals surface area contributed by atoms with Crippen LogP contribution in [0.25, 0.3) is 17.3 Å². The van der Waals surface area contributed by atoms with Crippen molar-refractivity contribution in [1.82, 2.24) is 24.7 Å². The van der Waals surface area contributed by atoms with Crippen LogP contribution in [0.15, 0.2) is 47.1 Å². The molecule has 1 N–H and O–H groups in total. The highest BCUT2D eigenvalue weighted by Crippen LogP contribution is 2.37. The average molecular weight is 558 g/mol. The molecule has 4 rings (SSSR count). The Bertz CT molecular complexity index is 1490. The number of nitrogens with zero attached hydrogens (tertiary/aromatic N) is 5. The molecule has 0 saturated heterocycles. The number of ether oxygens (including phenoxy) is 3. The monoisotopic (exact) mass is 557 g/mol. The van der Waals surface area contributed by atoms with Crippen molar-refractivity contribution in [3.63, 3.8) is 0 Å². The van der Waals surface area contributed by atoms with Crippen LogP contribution in [0.2, 0.25) is 0 Å². The van der Waals surface area contributed by atoms with E-state index in [9.17, 15) is 13.5 Å². The molecule has 208 valence electrons. The average Bonchev–Trinajstić information content (AvgIpc) is 3.54. The molecule has 0 fully saturated rings. The van der Waals surface area contributed by atoms with Crippen LogP contribution in [0.3, 0.4) is 0 Å². The second kappa shape index (κ2) is 11.9. The van der Waals surface area contributed by atoms with Gasteiger partial charge in [-0.05, 0) is 50.6 Å². The van der Waals surface area contributed by atoms with Crippen molar-refractivity contribution in [2.45, 2.75) is 37.9 Å². The van der Waals surface area contributed by atoms with Gasteiger partial charge in [-0.2, -0.15) is 0 Å². The fraction of sp³-hybridized carbons (Fsp3) is 0.385. The first-order valence-corrected chi connectivity index (χ1v) is 13.9. The van der Waals surface area contributed by atoms with Crippen molar-refractivity contribution in [2.24, 2.45) is 0 Å². The second-order valence-corrected chi connectivity index (χ2v) is 11.2. The summed E-state index contributed by atoms with van der Waals surface area (Å²) >= 11 is 0. The Morgan fingerprint density at radius 3 is 2.26 bits per heavy atom. The molecule has 0 unspecified atom stereocenters. The minimum absolute atomic E-state index is 0.0850. The van der Waals surface area contributed by atoms with E-state index in [0.717, 1.165) is 5.56 Å². The zero-order chi connectivity index (χ0) is 28.2. The first-order chi connectivity index (χ1) is 18.7. The van der Waals surface area contributed by atoms with Gasteiger partial charge in [0.25, 0.3) is 0 Å². The predicted octanol–water partition coefficient (Wildman–Crippen LogP) is 3.00. The maximum absolute atomic E-state index is 13.8. The van der Waals surface area contributed by atoms with Crippen LogP contribution in [0, 0.1) is 13.8 Å². The van der Waals surface area contributed by atoms with Gasteiger partial charge in [-0.3, -0.25) is 4.57 Å². The van der Waals surface area contributed by atoms with Gasteiger partial charge in [0.2, 0.25) is 5.82 Å². The zero-order valence-electron chi connectivity index (χ0n) is 22.4. The summed E-state index contributed by atoms with van der Waals surface area (Å²) in [6.45, 7) is 4.76. The number of hydrogen-bond acceptors (Lipinski definition) is 11. The van der Waals surface area contributed by atoms with Gasteiger partial charge in [-0.25, -0.2) is 18.4 Å². The Labute approximate surface area is 226 Å². The fourth-order valence-corrected chi connectivity index (χ4v) is 5.45. The van der Waals surface area contributed by atoms with E-state index in [1.807, 2.05) is 6.92 Å². The molecule has 12 nitrogen and oxygen atoms in total. The number of sulfone groups is 1. The number of aliphatic hydroxyl groups is 1. The molecular weight excluding hydrogens is 526 g/mol. The van der Waals surface area contributed by atoms with Gasteiger partial charge in [0.05, 0.1) is 32.7 Å². The van der Waals surface area contributed by atoms with Gasteiger partial charge in [0, 0.05) is 12.4 Å². The molecule has 0 radical (unpaired) electrons. The van der Waals surface area contributed by atoms with Gasteiger partial charge in [-0.15, -0.1) is 10.2 Å². The van der Waals surface area contributed by atoms with Crippen LogP contribution in [0.5, 0.6) is 11.5 Å². The minimum atomic E-state index is -3.96. The van der Waals surface area contributed by atoms with E-state index >= 15 is 0 Å². The lowest BCUT2D eigenvalue weighted by Crippen LogP contribution is -2.31. The third-order valence-corrected chi connectivity index (χ3v) is 8.12. The first-order valence-electron chi connectivity index (χ1n) is 12.1. The summed E-state index contributed by atoms with van der Waals surface area (Å²) < 4.78 is 51.9. The van der Waals surface area contributed by atoms with E-state index < -0.39 is 26.9 Å². The highest BCUT2D eigenvalue weighted by Gasteiger charge is 2.36. The Morgan fingerprint density at radius 1 is 1.03 bits per heavy atom. The van der Waals surface area contributed by atoms with Crippen LogP contribution >= 0.6 is 0 Å². The zero-order valence-corrected chi connectivity index (χ0v) is 23.2. The number of para-hydroxylation sites is 1. The third kappa shape index (κ3) is 5.95. The van der Waals surface area contributed by atoms with Crippen LogP contribution in [0.4, 0.5) is 0 Å². The maximum atomic E-state index is 13.8. The van der Waals surface area contributed by atoms with Crippen molar-refractivity contribution in [1.29, 1.82) is 0 Å². The summed E-state index contributed by atoms with van der Waals surface area (Å²) in [5.41, 5.74) is 1.24. The summed E-state index contributed by atoms with van der Waals surface area (Å²) in [5, 5.41) is 16.8. The van der Waals surface area contributed by atoms with E-state index in [0.29, 0.717) is 28.7 Å². The number of furan rings is 1. The number of methoxy groups -OCH3 is 2. The maximum Gasteiger partial charge on any atom is 0.204 e. The topological polar surface area (TPSA) is 152 Å². The van der Waals surface area contributed by atoms with E-state index in [1.165, 1.54) is 21.1 Å². The van der Waals surface area contributed by atoms with Gasteiger partial charge in [0.15, 0.2) is 27.2 Å². The highest BCUT2D eigenvalue weighted by molar-refractivity contribution is 7.91. The van der Waals surface area contributed by atoms with Crippen LogP contribution in [-0.2, 0) is 20.3 Å². The van der Waals surface area contributed by atoms with Crippen molar-refractivity contribution >= 4 is 9.84 Å². The molecule has 13 heteroatoms. The molecule has 2 atom stereocenters. The molecule has 0 aliphatic heterocycles. The Balaban J connectivity index is 1.81. The molecule has 3 aromatic heterocycles. The first kappa shape index (κ1) is 28.2. The number of aryl methyl sites for hydroxylation is 2. The molecule has 1 aromatic carbocycles. The number of rotatable bonds is 12. The minimum Gasteiger partial charge on any atom is -0.494 e. The molecule has 0 spiro atoms. The van der Waals surface area contributed by atoms with Gasteiger partial charge >= 0.3 is 0 Å². The second-order valence-electron chi connectivity index (χ2n) is 8.84. The van der Waals surface area contributed by atoms with E-state index in [-0.39, 0.29) is 30.7 Å². The van der Waals surface area contributed by atoms with Crippen LogP contribution in [-0.4, -0.2) is 70.9 Å². The summed E-state index contributed by atoms with van der Waals surface area (Å²) in [6, 6.07) is 8.71. The molecule has 0 bridgehead atoms. The standard InChI is InChI=1S/C26H31N5O7S/c1-16-13-27-25(28-14-16)24(37-12-11-32)18(3)39(33,34)15-22-29-30-26(21-10-9-17(2)38-21)31(22)23-19(35-4)7-6-8-20(23)36-5/h6-10,13-14,18,24,32H,11-12,15H2,1-5H3/t18-,24+/m1/s1. The molecule has 4 aromatic rings. The number of aliphatic hydroxyl groups excluding tert-OH is 1. The van der Waals surface area contributed by atoms with Crippen molar-refractivity contribution in [3.05, 3.63) is 65.7 Å². The van der Waals surface area contributed by atoms with Crippen molar-refractivity contribution in [3.8, 4) is 28.8 Å².